The van der Waals surface area contributed by atoms with E-state index in [0.717, 1.165) is 0 Å². The normalized spacial score (nSPS) is 12.0. The van der Waals surface area contributed by atoms with Crippen molar-refractivity contribution >= 4 is 0 Å². The maximum Gasteiger partial charge on any atom is 0.0149 e. The van der Waals surface area contributed by atoms with Crippen LogP contribution in [0.5, 0.6) is 0 Å². The monoisotopic (exact) mass is 390 g/mol. The average Bonchev–Trinajstić information content (AvgIpc) is 2.80. The number of hydrogen-bond acceptors (Lipinski definition) is 0. The zero-order valence-corrected chi connectivity index (χ0v) is 18.4. The number of rotatable bonds is 5. The van der Waals surface area contributed by atoms with E-state index in [4.69, 9.17) is 0 Å². The Kier molecular flexibility index (Phi) is 5.35. The summed E-state index contributed by atoms with van der Waals surface area (Å²) in [5.41, 5.74) is 7.73. The summed E-state index contributed by atoms with van der Waals surface area (Å²) in [6.07, 6.45) is 0. The molecule has 0 aliphatic heterocycles. The molecule has 30 heavy (non-hydrogen) atoms. The lowest BCUT2D eigenvalue weighted by Gasteiger charge is -2.36. The number of hydrogen-bond donors (Lipinski definition) is 0. The molecule has 0 amide bonds. The molecule has 0 bridgehead atoms. The van der Waals surface area contributed by atoms with Gasteiger partial charge in [0.25, 0.3) is 0 Å². The van der Waals surface area contributed by atoms with Crippen LogP contribution in [0.15, 0.2) is 109 Å². The maximum atomic E-state index is 2.41. The van der Waals surface area contributed by atoms with E-state index in [-0.39, 0.29) is 10.8 Å². The smallest absolute Gasteiger partial charge is 0.0149 e. The Labute approximate surface area is 181 Å². The van der Waals surface area contributed by atoms with Crippen LogP contribution in [0.3, 0.4) is 0 Å². The largest absolute Gasteiger partial charge is 0.0622 e. The van der Waals surface area contributed by atoms with E-state index in [1.807, 2.05) is 0 Å². The van der Waals surface area contributed by atoms with Crippen molar-refractivity contribution in [2.75, 3.05) is 0 Å². The lowest BCUT2D eigenvalue weighted by atomic mass is 9.68. The molecule has 4 rings (SSSR count). The van der Waals surface area contributed by atoms with Crippen LogP contribution in [0.2, 0.25) is 0 Å². The molecular weight excluding hydrogens is 360 g/mol. The fourth-order valence-corrected chi connectivity index (χ4v) is 4.44. The van der Waals surface area contributed by atoms with E-state index in [1.54, 1.807) is 0 Å². The Balaban J connectivity index is 1.95. The summed E-state index contributed by atoms with van der Waals surface area (Å²) in [5.74, 6) is 0. The molecule has 0 aliphatic rings. The molecule has 0 heteroatoms. The topological polar surface area (TPSA) is 0 Å². The van der Waals surface area contributed by atoms with Crippen LogP contribution in [0, 0.1) is 0 Å². The van der Waals surface area contributed by atoms with Crippen LogP contribution in [0.25, 0.3) is 11.1 Å². The van der Waals surface area contributed by atoms with Crippen LogP contribution < -0.4 is 0 Å². The molecule has 0 nitrogen and oxygen atoms in total. The van der Waals surface area contributed by atoms with Gasteiger partial charge in [-0.2, -0.15) is 0 Å². The Bertz CT molecular complexity index is 1100. The fourth-order valence-electron chi connectivity index (χ4n) is 4.44. The molecule has 150 valence electrons. The third-order valence-electron chi connectivity index (χ3n) is 6.46. The van der Waals surface area contributed by atoms with Crippen LogP contribution in [-0.4, -0.2) is 0 Å². The van der Waals surface area contributed by atoms with E-state index >= 15 is 0 Å². The van der Waals surface area contributed by atoms with Crippen molar-refractivity contribution in [2.24, 2.45) is 0 Å². The van der Waals surface area contributed by atoms with Crippen molar-refractivity contribution < 1.29 is 0 Å². The van der Waals surface area contributed by atoms with Gasteiger partial charge in [-0.15, -0.1) is 0 Å². The van der Waals surface area contributed by atoms with E-state index < -0.39 is 0 Å². The predicted octanol–water partition coefficient (Wildman–Crippen LogP) is 8.01. The highest BCUT2D eigenvalue weighted by Crippen LogP contribution is 2.42. The van der Waals surface area contributed by atoms with E-state index in [2.05, 4.69) is 137 Å². The van der Waals surface area contributed by atoms with Crippen molar-refractivity contribution in [1.82, 2.24) is 0 Å². The summed E-state index contributed by atoms with van der Waals surface area (Å²) in [6, 6.07) is 39.4. The first-order chi connectivity index (χ1) is 14.4. The second kappa shape index (κ2) is 7.95. The van der Waals surface area contributed by atoms with Crippen LogP contribution in [0.4, 0.5) is 0 Å². The van der Waals surface area contributed by atoms with E-state index in [1.165, 1.54) is 33.4 Å². The molecule has 0 saturated carbocycles. The van der Waals surface area contributed by atoms with Crippen molar-refractivity contribution in [3.05, 3.63) is 131 Å². The van der Waals surface area contributed by atoms with Gasteiger partial charge in [0.15, 0.2) is 0 Å². The summed E-state index contributed by atoms with van der Waals surface area (Å²) in [7, 11) is 0. The Morgan fingerprint density at radius 2 is 0.833 bits per heavy atom. The lowest BCUT2D eigenvalue weighted by Crippen LogP contribution is -2.28. The predicted molar refractivity (Wildman–Crippen MR) is 129 cm³/mol. The molecule has 0 saturated heterocycles. The highest BCUT2D eigenvalue weighted by molar-refractivity contribution is 5.67. The Morgan fingerprint density at radius 1 is 0.400 bits per heavy atom. The lowest BCUT2D eigenvalue weighted by molar-refractivity contribution is 0.579. The van der Waals surface area contributed by atoms with Crippen LogP contribution >= 0.6 is 0 Å². The van der Waals surface area contributed by atoms with E-state index in [9.17, 15) is 0 Å². The van der Waals surface area contributed by atoms with Crippen molar-refractivity contribution in [2.45, 2.75) is 38.5 Å². The second-order valence-electron chi connectivity index (χ2n) is 9.11. The van der Waals surface area contributed by atoms with Crippen molar-refractivity contribution in [1.29, 1.82) is 0 Å². The molecule has 0 unspecified atom stereocenters. The van der Waals surface area contributed by atoms with E-state index in [0.29, 0.717) is 0 Å². The van der Waals surface area contributed by atoms with Crippen LogP contribution in [0.1, 0.15) is 49.9 Å². The molecule has 0 heterocycles. The molecule has 0 N–H and O–H groups in total. The minimum atomic E-state index is -0.118. The minimum Gasteiger partial charge on any atom is -0.0622 e. The Hall–Kier alpha value is -3.12. The standard InChI is InChI=1S/C30H30/c1-29(2,25-16-10-6-11-17-25)27-21-20-24(23-14-8-5-9-15-23)22-28(27)30(3,4)26-18-12-7-13-19-26/h5-22H,1-4H3. The molecule has 4 aromatic carbocycles. The molecule has 0 fully saturated rings. The average molecular weight is 391 g/mol. The van der Waals surface area contributed by atoms with Gasteiger partial charge in [-0.25, -0.2) is 0 Å². The van der Waals surface area contributed by atoms with Gasteiger partial charge < -0.3 is 0 Å². The fraction of sp³-hybridized carbons (Fsp3) is 0.200. The Morgan fingerprint density at radius 3 is 1.33 bits per heavy atom. The SMILES string of the molecule is CC(C)(c1ccccc1)c1ccc(-c2ccccc2)cc1C(C)(C)c1ccccc1. The maximum absolute atomic E-state index is 2.41. The molecule has 0 radical (unpaired) electrons. The third-order valence-corrected chi connectivity index (χ3v) is 6.46. The van der Waals surface area contributed by atoms with Gasteiger partial charge in [0.1, 0.15) is 0 Å². The summed E-state index contributed by atoms with van der Waals surface area (Å²) < 4.78 is 0. The highest BCUT2D eigenvalue weighted by atomic mass is 14.4. The molecule has 0 spiro atoms. The molecule has 0 aliphatic carbocycles. The third kappa shape index (κ3) is 3.71. The first-order valence-corrected chi connectivity index (χ1v) is 10.7. The summed E-state index contributed by atoms with van der Waals surface area (Å²) in [5, 5.41) is 0. The van der Waals surface area contributed by atoms with Gasteiger partial charge in [0.2, 0.25) is 0 Å². The minimum absolute atomic E-state index is 0.0993. The second-order valence-corrected chi connectivity index (χ2v) is 9.11. The van der Waals surface area contributed by atoms with Gasteiger partial charge in [-0.1, -0.05) is 131 Å². The molecule has 0 aromatic heterocycles. The van der Waals surface area contributed by atoms with Crippen LogP contribution in [-0.2, 0) is 10.8 Å². The number of benzene rings is 4. The van der Waals surface area contributed by atoms with Gasteiger partial charge in [-0.3, -0.25) is 0 Å². The summed E-state index contributed by atoms with van der Waals surface area (Å²) in [6.45, 7) is 9.36. The van der Waals surface area contributed by atoms with Gasteiger partial charge in [-0.05, 0) is 39.4 Å². The first kappa shape index (κ1) is 20.2. The molecule has 0 atom stereocenters. The van der Waals surface area contributed by atoms with Crippen molar-refractivity contribution in [3.8, 4) is 11.1 Å². The molecular formula is C30H30. The zero-order valence-electron chi connectivity index (χ0n) is 18.4. The summed E-state index contributed by atoms with van der Waals surface area (Å²) in [4.78, 5) is 0. The van der Waals surface area contributed by atoms with Gasteiger partial charge in [0, 0.05) is 10.8 Å². The molecule has 4 aromatic rings. The first-order valence-electron chi connectivity index (χ1n) is 10.7. The summed E-state index contributed by atoms with van der Waals surface area (Å²) >= 11 is 0. The van der Waals surface area contributed by atoms with Gasteiger partial charge >= 0.3 is 0 Å². The zero-order chi connectivity index (χ0) is 21.2. The quantitative estimate of drug-likeness (QED) is 0.324. The van der Waals surface area contributed by atoms with Gasteiger partial charge in [0.05, 0.1) is 0 Å². The van der Waals surface area contributed by atoms with Crippen molar-refractivity contribution in [3.63, 3.8) is 0 Å². The highest BCUT2D eigenvalue weighted by Gasteiger charge is 2.33.